The molecule has 39 heavy (non-hydrogen) atoms. The summed E-state index contributed by atoms with van der Waals surface area (Å²) in [4.78, 5) is 56.5. The third kappa shape index (κ3) is 8.44. The van der Waals surface area contributed by atoms with E-state index in [1.807, 2.05) is 0 Å². The molecule has 1 saturated heterocycles. The second-order valence-corrected chi connectivity index (χ2v) is 10.1. The maximum atomic E-state index is 13.6. The molecule has 2 N–H and O–H groups in total. The Bertz CT molecular complexity index is 1140. The van der Waals surface area contributed by atoms with Gasteiger partial charge in [-0.15, -0.1) is 0 Å². The van der Waals surface area contributed by atoms with Crippen molar-refractivity contribution >= 4 is 23.6 Å². The number of ether oxygens (including phenoxy) is 1. The standard InChI is InChI=1S/C28H36FN3O7/c1-17-6-4-10-30-24(35)9-8-18(2)26(19(3)15-29)39-28(37)23-7-5-11-32(23)27(36)22-16-38-25(31-22)14-21(34)13-20(33)12-17/h4,6,8-9,12,16,18-20,23,26,33H,5,7,10-11,13-15H2,1-3H3,(H,30,35)/b6-4+,9-8+,17-12+. The first-order chi connectivity index (χ1) is 18.6. The summed E-state index contributed by atoms with van der Waals surface area (Å²) < 4.78 is 24.7. The zero-order valence-electron chi connectivity index (χ0n) is 22.5. The summed E-state index contributed by atoms with van der Waals surface area (Å²) in [5, 5.41) is 12.9. The van der Waals surface area contributed by atoms with Gasteiger partial charge in [-0.05, 0) is 25.8 Å². The van der Waals surface area contributed by atoms with Crippen LogP contribution in [0.15, 0.2) is 46.6 Å². The molecule has 0 aromatic carbocycles. The third-order valence-electron chi connectivity index (χ3n) is 6.70. The van der Waals surface area contributed by atoms with Gasteiger partial charge in [0.2, 0.25) is 11.8 Å². The van der Waals surface area contributed by atoms with Crippen LogP contribution in [-0.2, 0) is 25.5 Å². The van der Waals surface area contributed by atoms with Crippen molar-refractivity contribution in [3.63, 3.8) is 0 Å². The van der Waals surface area contributed by atoms with Gasteiger partial charge >= 0.3 is 5.97 Å². The number of hydrogen-bond donors (Lipinski definition) is 2. The van der Waals surface area contributed by atoms with E-state index in [-0.39, 0.29) is 42.7 Å². The summed E-state index contributed by atoms with van der Waals surface area (Å²) in [5.74, 6) is -3.00. The van der Waals surface area contributed by atoms with Crippen LogP contribution in [0.4, 0.5) is 4.39 Å². The fourth-order valence-electron chi connectivity index (χ4n) is 4.64. The molecule has 10 nitrogen and oxygen atoms in total. The Kier molecular flexibility index (Phi) is 10.7. The first-order valence-electron chi connectivity index (χ1n) is 13.1. The van der Waals surface area contributed by atoms with Crippen molar-refractivity contribution in [1.29, 1.82) is 0 Å². The number of aliphatic hydroxyl groups excluding tert-OH is 1. The lowest BCUT2D eigenvalue weighted by molar-refractivity contribution is -0.158. The van der Waals surface area contributed by atoms with Crippen molar-refractivity contribution in [2.75, 3.05) is 19.8 Å². The molecule has 1 aromatic heterocycles. The minimum atomic E-state index is -1.03. The summed E-state index contributed by atoms with van der Waals surface area (Å²) in [6, 6.07) is -0.883. The molecule has 5 atom stereocenters. The Labute approximate surface area is 227 Å². The van der Waals surface area contributed by atoms with Crippen LogP contribution in [0.3, 0.4) is 0 Å². The molecule has 0 saturated carbocycles. The molecule has 1 fully saturated rings. The van der Waals surface area contributed by atoms with E-state index in [2.05, 4.69) is 10.3 Å². The predicted octanol–water partition coefficient (Wildman–Crippen LogP) is 2.48. The fraction of sp³-hybridized carbons (Fsp3) is 0.536. The number of rotatable bonds is 2. The SMILES string of the molecule is CC1=C\C(O)CC(=O)Cc2nc(co2)C(=O)N2CCCC2C(=O)OC(C(C)CF)C(C)/C=C/C(=O)NC\C=C\1. The molecule has 3 rings (SSSR count). The Morgan fingerprint density at radius 2 is 2.03 bits per heavy atom. The highest BCUT2D eigenvalue weighted by molar-refractivity contribution is 5.95. The molecular formula is C28H36FN3O7. The number of amides is 2. The summed E-state index contributed by atoms with van der Waals surface area (Å²) in [6.07, 6.45) is 7.60. The van der Waals surface area contributed by atoms with Crippen molar-refractivity contribution in [2.45, 2.75) is 64.7 Å². The number of hydrogen-bond acceptors (Lipinski definition) is 8. The van der Waals surface area contributed by atoms with Crippen LogP contribution in [0.25, 0.3) is 0 Å². The lowest BCUT2D eigenvalue weighted by Gasteiger charge is -2.29. The molecule has 0 aliphatic carbocycles. The van der Waals surface area contributed by atoms with Crippen LogP contribution < -0.4 is 5.32 Å². The molecule has 0 spiro atoms. The summed E-state index contributed by atoms with van der Waals surface area (Å²) in [7, 11) is 0. The Balaban J connectivity index is 1.87. The number of nitrogens with one attached hydrogen (secondary N) is 1. The quantitative estimate of drug-likeness (QED) is 0.541. The van der Waals surface area contributed by atoms with E-state index in [0.717, 1.165) is 6.26 Å². The van der Waals surface area contributed by atoms with Gasteiger partial charge in [-0.3, -0.25) is 18.8 Å². The van der Waals surface area contributed by atoms with Gasteiger partial charge in [0.05, 0.1) is 19.2 Å². The smallest absolute Gasteiger partial charge is 0.329 e. The number of carbonyl (C=O) groups is 4. The normalized spacial score (nSPS) is 30.0. The fourth-order valence-corrected chi connectivity index (χ4v) is 4.64. The predicted molar refractivity (Wildman–Crippen MR) is 139 cm³/mol. The van der Waals surface area contributed by atoms with E-state index in [0.29, 0.717) is 25.0 Å². The number of alkyl halides is 1. The number of Topliss-reactive ketones (excluding diaryl/α,β-unsaturated/α-hetero) is 1. The number of nitrogens with zero attached hydrogens (tertiary/aromatic N) is 2. The summed E-state index contributed by atoms with van der Waals surface area (Å²) in [5.41, 5.74) is 0.648. The summed E-state index contributed by atoms with van der Waals surface area (Å²) in [6.45, 7) is 4.87. The number of allylic oxidation sites excluding steroid dienone is 2. The van der Waals surface area contributed by atoms with E-state index >= 15 is 0 Å². The number of aromatic nitrogens is 1. The molecule has 3 heterocycles. The molecular weight excluding hydrogens is 509 g/mol. The van der Waals surface area contributed by atoms with Gasteiger partial charge in [0.1, 0.15) is 24.2 Å². The molecule has 212 valence electrons. The van der Waals surface area contributed by atoms with E-state index in [1.54, 1.807) is 39.0 Å². The molecule has 2 bridgehead atoms. The highest BCUT2D eigenvalue weighted by atomic mass is 19.1. The molecule has 5 unspecified atom stereocenters. The Morgan fingerprint density at radius 1 is 1.26 bits per heavy atom. The molecule has 0 radical (unpaired) electrons. The van der Waals surface area contributed by atoms with Crippen LogP contribution >= 0.6 is 0 Å². The van der Waals surface area contributed by atoms with Crippen molar-refractivity contribution in [1.82, 2.24) is 15.2 Å². The largest absolute Gasteiger partial charge is 0.460 e. The zero-order valence-corrected chi connectivity index (χ0v) is 22.5. The number of ketones is 1. The maximum Gasteiger partial charge on any atom is 0.329 e. The van der Waals surface area contributed by atoms with Crippen LogP contribution in [0.5, 0.6) is 0 Å². The molecule has 2 aliphatic heterocycles. The first-order valence-corrected chi connectivity index (χ1v) is 13.1. The van der Waals surface area contributed by atoms with E-state index in [4.69, 9.17) is 9.15 Å². The molecule has 1 aromatic rings. The third-order valence-corrected chi connectivity index (χ3v) is 6.70. The van der Waals surface area contributed by atoms with E-state index < -0.39 is 48.6 Å². The number of halogens is 1. The number of fused-ring (bicyclic) bond motifs is 3. The minimum absolute atomic E-state index is 0.0288. The first kappa shape index (κ1) is 29.9. The second kappa shape index (κ2) is 14.0. The lowest BCUT2D eigenvalue weighted by atomic mass is 9.93. The average Bonchev–Trinajstić information content (AvgIpc) is 3.57. The van der Waals surface area contributed by atoms with Gasteiger partial charge in [0, 0.05) is 31.3 Å². The van der Waals surface area contributed by atoms with E-state index in [1.165, 1.54) is 17.1 Å². The van der Waals surface area contributed by atoms with Crippen molar-refractivity contribution in [2.24, 2.45) is 11.8 Å². The highest BCUT2D eigenvalue weighted by Gasteiger charge is 2.39. The lowest BCUT2D eigenvalue weighted by Crippen LogP contribution is -2.44. The van der Waals surface area contributed by atoms with Gasteiger partial charge in [-0.25, -0.2) is 9.78 Å². The van der Waals surface area contributed by atoms with Gasteiger partial charge in [-0.2, -0.15) is 0 Å². The molecule has 11 heteroatoms. The van der Waals surface area contributed by atoms with Crippen molar-refractivity contribution in [3.8, 4) is 0 Å². The number of aliphatic hydroxyl groups is 1. The van der Waals surface area contributed by atoms with E-state index in [9.17, 15) is 28.7 Å². The number of carbonyl (C=O) groups excluding carboxylic acids is 4. The average molecular weight is 546 g/mol. The van der Waals surface area contributed by atoms with Gasteiger partial charge < -0.3 is 24.5 Å². The Hall–Kier alpha value is -3.60. The second-order valence-electron chi connectivity index (χ2n) is 10.1. The van der Waals surface area contributed by atoms with Gasteiger partial charge in [-0.1, -0.05) is 43.7 Å². The maximum absolute atomic E-state index is 13.6. The van der Waals surface area contributed by atoms with Crippen LogP contribution in [-0.4, -0.2) is 76.6 Å². The number of oxazole rings is 1. The monoisotopic (exact) mass is 545 g/mol. The minimum Gasteiger partial charge on any atom is -0.460 e. The highest BCUT2D eigenvalue weighted by Crippen LogP contribution is 2.25. The van der Waals surface area contributed by atoms with Gasteiger partial charge in [0.25, 0.3) is 5.91 Å². The van der Waals surface area contributed by atoms with Crippen LogP contribution in [0.1, 0.15) is 56.4 Å². The van der Waals surface area contributed by atoms with Crippen molar-refractivity contribution < 1.29 is 37.8 Å². The van der Waals surface area contributed by atoms with Crippen LogP contribution in [0.2, 0.25) is 0 Å². The zero-order chi connectivity index (χ0) is 28.5. The van der Waals surface area contributed by atoms with Crippen LogP contribution in [0, 0.1) is 11.8 Å². The molecule has 2 amide bonds. The number of esters is 1. The topological polar surface area (TPSA) is 139 Å². The number of cyclic esters (lactones) is 1. The summed E-state index contributed by atoms with van der Waals surface area (Å²) >= 11 is 0. The van der Waals surface area contributed by atoms with Crippen molar-refractivity contribution in [3.05, 3.63) is 53.8 Å². The molecule has 2 aliphatic rings. The van der Waals surface area contributed by atoms with Gasteiger partial charge in [0.15, 0.2) is 5.69 Å². The Morgan fingerprint density at radius 3 is 2.77 bits per heavy atom.